The van der Waals surface area contributed by atoms with Crippen LogP contribution in [0, 0.1) is 3.57 Å². The van der Waals surface area contributed by atoms with Gasteiger partial charge in [-0.25, -0.2) is 0 Å². The van der Waals surface area contributed by atoms with Crippen molar-refractivity contribution in [1.29, 1.82) is 0 Å². The van der Waals surface area contributed by atoms with Crippen molar-refractivity contribution in [1.82, 2.24) is 4.90 Å². The zero-order valence-corrected chi connectivity index (χ0v) is 12.1. The van der Waals surface area contributed by atoms with Crippen molar-refractivity contribution < 1.29 is 9.59 Å². The molecule has 1 aliphatic rings. The van der Waals surface area contributed by atoms with Crippen LogP contribution in [0.5, 0.6) is 0 Å². The number of fused-ring (bicyclic) bond motifs is 1. The van der Waals surface area contributed by atoms with Gasteiger partial charge in [0, 0.05) is 3.57 Å². The molecule has 1 heterocycles. The number of hydrogen-bond donors (Lipinski definition) is 0. The minimum Gasteiger partial charge on any atom is -0.270 e. The largest absolute Gasteiger partial charge is 0.270 e. The van der Waals surface area contributed by atoms with E-state index < -0.39 is 0 Å². The van der Waals surface area contributed by atoms with Crippen LogP contribution in [0.15, 0.2) is 48.5 Å². The quantitative estimate of drug-likeness (QED) is 0.608. The average molecular weight is 363 g/mol. The van der Waals surface area contributed by atoms with E-state index >= 15 is 0 Å². The fourth-order valence-corrected chi connectivity index (χ4v) is 2.93. The van der Waals surface area contributed by atoms with Crippen LogP contribution in [-0.2, 0) is 6.54 Å². The lowest BCUT2D eigenvalue weighted by atomic mass is 10.1. The number of hydrogen-bond acceptors (Lipinski definition) is 2. The van der Waals surface area contributed by atoms with Gasteiger partial charge in [-0.05, 0) is 40.3 Å². The molecule has 94 valence electrons. The number of rotatable bonds is 2. The third-order valence-electron chi connectivity index (χ3n) is 3.13. The monoisotopic (exact) mass is 363 g/mol. The first kappa shape index (κ1) is 12.3. The number of benzene rings is 2. The Bertz CT molecular complexity index is 667. The maximum absolute atomic E-state index is 12.3. The summed E-state index contributed by atoms with van der Waals surface area (Å²) in [4.78, 5) is 25.9. The Labute approximate surface area is 124 Å². The molecule has 0 bridgehead atoms. The minimum atomic E-state index is -0.206. The molecule has 3 rings (SSSR count). The van der Waals surface area contributed by atoms with Crippen LogP contribution < -0.4 is 0 Å². The van der Waals surface area contributed by atoms with Crippen molar-refractivity contribution in [2.45, 2.75) is 6.54 Å². The van der Waals surface area contributed by atoms with Crippen LogP contribution in [0.2, 0.25) is 0 Å². The van der Waals surface area contributed by atoms with E-state index in [-0.39, 0.29) is 11.8 Å². The molecular weight excluding hydrogens is 353 g/mol. The Morgan fingerprint density at radius 3 is 2.32 bits per heavy atom. The Balaban J connectivity index is 1.97. The molecular formula is C15H10INO2. The van der Waals surface area contributed by atoms with E-state index in [2.05, 4.69) is 22.6 Å². The van der Waals surface area contributed by atoms with Gasteiger partial charge in [-0.3, -0.25) is 14.5 Å². The van der Waals surface area contributed by atoms with Crippen molar-refractivity contribution in [3.05, 3.63) is 68.8 Å². The van der Waals surface area contributed by atoms with Gasteiger partial charge in [-0.15, -0.1) is 0 Å². The average Bonchev–Trinajstić information content (AvgIpc) is 2.66. The smallest absolute Gasteiger partial charge is 0.262 e. The maximum atomic E-state index is 12.3. The molecule has 0 atom stereocenters. The summed E-state index contributed by atoms with van der Waals surface area (Å²) in [5.74, 6) is -0.406. The lowest BCUT2D eigenvalue weighted by molar-refractivity contribution is 0.0642. The van der Waals surface area contributed by atoms with Gasteiger partial charge in [0.05, 0.1) is 17.7 Å². The highest BCUT2D eigenvalue weighted by atomic mass is 127. The zero-order valence-electron chi connectivity index (χ0n) is 9.97. The highest BCUT2D eigenvalue weighted by Gasteiger charge is 2.36. The molecule has 0 saturated heterocycles. The summed E-state index contributed by atoms with van der Waals surface area (Å²) in [6.07, 6.45) is 0. The second-order valence-electron chi connectivity index (χ2n) is 4.34. The Hall–Kier alpha value is -1.69. The lowest BCUT2D eigenvalue weighted by Gasteiger charge is -2.13. The number of halogens is 1. The van der Waals surface area contributed by atoms with E-state index in [0.29, 0.717) is 17.7 Å². The first-order valence-electron chi connectivity index (χ1n) is 5.87. The van der Waals surface area contributed by atoms with Gasteiger partial charge in [0.25, 0.3) is 11.8 Å². The molecule has 0 saturated carbocycles. The fourth-order valence-electron chi connectivity index (χ4n) is 2.20. The van der Waals surface area contributed by atoms with Gasteiger partial charge >= 0.3 is 0 Å². The molecule has 19 heavy (non-hydrogen) atoms. The SMILES string of the molecule is O=C1c2cccc(I)c2C(=O)N1Cc1ccccc1. The summed E-state index contributed by atoms with van der Waals surface area (Å²) >= 11 is 2.09. The van der Waals surface area contributed by atoms with Crippen LogP contribution in [0.3, 0.4) is 0 Å². The van der Waals surface area contributed by atoms with Crippen LogP contribution in [-0.4, -0.2) is 16.7 Å². The van der Waals surface area contributed by atoms with Crippen molar-refractivity contribution in [2.24, 2.45) is 0 Å². The van der Waals surface area contributed by atoms with Crippen molar-refractivity contribution >= 4 is 34.4 Å². The van der Waals surface area contributed by atoms with Gasteiger partial charge in [-0.1, -0.05) is 36.4 Å². The molecule has 1 aliphatic heterocycles. The molecule has 2 aromatic rings. The van der Waals surface area contributed by atoms with Crippen LogP contribution in [0.1, 0.15) is 26.3 Å². The number of carbonyl (C=O) groups is 2. The fraction of sp³-hybridized carbons (Fsp3) is 0.0667. The predicted octanol–water partition coefficient (Wildman–Crippen LogP) is 3.09. The van der Waals surface area contributed by atoms with Gasteiger partial charge in [-0.2, -0.15) is 0 Å². The minimum absolute atomic E-state index is 0.200. The topological polar surface area (TPSA) is 37.4 Å². The number of amides is 2. The van der Waals surface area contributed by atoms with E-state index in [1.54, 1.807) is 12.1 Å². The van der Waals surface area contributed by atoms with Crippen molar-refractivity contribution in [3.8, 4) is 0 Å². The first-order chi connectivity index (χ1) is 9.18. The van der Waals surface area contributed by atoms with Gasteiger partial charge < -0.3 is 0 Å². The molecule has 3 nitrogen and oxygen atoms in total. The van der Waals surface area contributed by atoms with Gasteiger partial charge in [0.2, 0.25) is 0 Å². The summed E-state index contributed by atoms with van der Waals surface area (Å²) in [5, 5.41) is 0. The normalized spacial score (nSPS) is 13.8. The number of nitrogens with zero attached hydrogens (tertiary/aromatic N) is 1. The molecule has 2 amide bonds. The number of carbonyl (C=O) groups excluding carboxylic acids is 2. The molecule has 0 aromatic heterocycles. The maximum Gasteiger partial charge on any atom is 0.262 e. The summed E-state index contributed by atoms with van der Waals surface area (Å²) in [6, 6.07) is 14.9. The van der Waals surface area contributed by atoms with E-state index in [1.807, 2.05) is 36.4 Å². The molecule has 0 aliphatic carbocycles. The molecule has 4 heteroatoms. The third-order valence-corrected chi connectivity index (χ3v) is 4.03. The molecule has 0 unspecified atom stereocenters. The van der Waals surface area contributed by atoms with E-state index in [0.717, 1.165) is 9.13 Å². The molecule has 2 aromatic carbocycles. The predicted molar refractivity (Wildman–Crippen MR) is 79.8 cm³/mol. The molecule has 0 N–H and O–H groups in total. The Kier molecular flexibility index (Phi) is 3.10. The lowest BCUT2D eigenvalue weighted by Crippen LogP contribution is -2.29. The Morgan fingerprint density at radius 1 is 0.895 bits per heavy atom. The van der Waals surface area contributed by atoms with Crippen LogP contribution >= 0.6 is 22.6 Å². The standard InChI is InChI=1S/C15H10INO2/c16-12-8-4-7-11-13(12)15(19)17(14(11)18)9-10-5-2-1-3-6-10/h1-8H,9H2. The Morgan fingerprint density at radius 2 is 1.63 bits per heavy atom. The van der Waals surface area contributed by atoms with Crippen molar-refractivity contribution in [3.63, 3.8) is 0 Å². The van der Waals surface area contributed by atoms with Gasteiger partial charge in [0.1, 0.15) is 0 Å². The van der Waals surface area contributed by atoms with Crippen molar-refractivity contribution in [2.75, 3.05) is 0 Å². The first-order valence-corrected chi connectivity index (χ1v) is 6.95. The summed E-state index contributed by atoms with van der Waals surface area (Å²) in [5.41, 5.74) is 1.99. The molecule has 0 spiro atoms. The van der Waals surface area contributed by atoms with Crippen LogP contribution in [0.25, 0.3) is 0 Å². The number of imide groups is 1. The summed E-state index contributed by atoms with van der Waals surface area (Å²) < 4.78 is 0.823. The second-order valence-corrected chi connectivity index (χ2v) is 5.51. The van der Waals surface area contributed by atoms with E-state index in [9.17, 15) is 9.59 Å². The third kappa shape index (κ3) is 2.06. The van der Waals surface area contributed by atoms with E-state index in [4.69, 9.17) is 0 Å². The van der Waals surface area contributed by atoms with E-state index in [1.165, 1.54) is 4.90 Å². The summed E-state index contributed by atoms with van der Waals surface area (Å²) in [7, 11) is 0. The zero-order chi connectivity index (χ0) is 13.4. The second kappa shape index (κ2) is 4.77. The summed E-state index contributed by atoms with van der Waals surface area (Å²) in [6.45, 7) is 0.323. The highest BCUT2D eigenvalue weighted by Crippen LogP contribution is 2.28. The molecule has 0 fully saturated rings. The highest BCUT2D eigenvalue weighted by molar-refractivity contribution is 14.1. The molecule has 0 radical (unpaired) electrons. The van der Waals surface area contributed by atoms with Crippen LogP contribution in [0.4, 0.5) is 0 Å². The van der Waals surface area contributed by atoms with Gasteiger partial charge in [0.15, 0.2) is 0 Å².